The molecule has 7 heteroatoms. The van der Waals surface area contributed by atoms with Crippen molar-refractivity contribution in [1.82, 2.24) is 23.9 Å². The van der Waals surface area contributed by atoms with Crippen LogP contribution < -0.4 is 11.2 Å². The molecule has 0 atom stereocenters. The van der Waals surface area contributed by atoms with E-state index in [4.69, 9.17) is 19.7 Å². The average molecular weight is 699 g/mol. The normalized spacial score (nSPS) is 12.8. The van der Waals surface area contributed by atoms with Crippen molar-refractivity contribution in [3.05, 3.63) is 97.2 Å². The summed E-state index contributed by atoms with van der Waals surface area (Å²) < 4.78 is 13.7. The van der Waals surface area contributed by atoms with E-state index in [1.807, 2.05) is 24.4 Å². The molecule has 0 amide bonds. The number of hydrogen-bond acceptors (Lipinski definition) is 4. The molecule has 1 aliphatic heterocycles. The molecule has 0 fully saturated rings. The van der Waals surface area contributed by atoms with Crippen LogP contribution in [0.2, 0.25) is 0 Å². The molecule has 0 radical (unpaired) electrons. The molecule has 4 aromatic heterocycles. The monoisotopic (exact) mass is 698 g/mol. The summed E-state index contributed by atoms with van der Waals surface area (Å²) >= 11 is -1.33. The zero-order valence-electron chi connectivity index (χ0n) is 20.8. The van der Waals surface area contributed by atoms with Gasteiger partial charge in [-0.3, -0.25) is 0 Å². The van der Waals surface area contributed by atoms with Crippen LogP contribution in [-0.2, 0) is 7.05 Å². The molecule has 8 aromatic rings. The van der Waals surface area contributed by atoms with Crippen LogP contribution in [0.5, 0.6) is 11.5 Å². The number of para-hydroxylation sites is 4. The van der Waals surface area contributed by atoms with Gasteiger partial charge < -0.3 is 0 Å². The van der Waals surface area contributed by atoms with Gasteiger partial charge in [0.25, 0.3) is 0 Å². The van der Waals surface area contributed by atoms with E-state index in [2.05, 4.69) is 88.8 Å². The van der Waals surface area contributed by atoms with Crippen LogP contribution in [-0.4, -0.2) is 47.5 Å². The van der Waals surface area contributed by atoms with Crippen molar-refractivity contribution in [2.75, 3.05) is 0 Å². The summed E-state index contributed by atoms with van der Waals surface area (Å²) in [5, 5.41) is 2.28. The number of ether oxygens (including phenoxy) is 1. The molecule has 0 unspecified atom stereocenters. The number of rotatable bonds is 1. The average Bonchev–Trinajstić information content (AvgIpc) is 3.54. The fourth-order valence-corrected chi connectivity index (χ4v) is 10.5. The molecule has 0 bridgehead atoms. The predicted octanol–water partition coefficient (Wildman–Crippen LogP) is 5.50. The Bertz CT molecular complexity index is 2320. The number of nitrogens with zero attached hydrogens (tertiary/aromatic N) is 5. The van der Waals surface area contributed by atoms with Crippen LogP contribution in [0, 0.1) is 0 Å². The van der Waals surface area contributed by atoms with Gasteiger partial charge in [0, 0.05) is 0 Å². The summed E-state index contributed by atoms with van der Waals surface area (Å²) in [7, 11) is 2.10. The minimum absolute atomic E-state index is 0.936. The number of imidazole rings is 2. The first kappa shape index (κ1) is 21.6. The second kappa shape index (κ2) is 7.85. The zero-order chi connectivity index (χ0) is 25.7. The molecule has 0 spiro atoms. The van der Waals surface area contributed by atoms with Gasteiger partial charge in [-0.1, -0.05) is 0 Å². The third-order valence-corrected chi connectivity index (χ3v) is 12.4. The number of pyridine rings is 2. The first-order chi connectivity index (χ1) is 19.3. The topological polar surface area (TPSA) is 57.2 Å². The molecule has 5 heterocycles. The van der Waals surface area contributed by atoms with Gasteiger partial charge in [-0.15, -0.1) is 0 Å². The van der Waals surface area contributed by atoms with E-state index in [1.54, 1.807) is 0 Å². The molecule has 0 saturated carbocycles. The third-order valence-electron chi connectivity index (χ3n) is 7.62. The quantitative estimate of drug-likeness (QED) is 0.213. The Morgan fingerprint density at radius 2 is 1.46 bits per heavy atom. The number of fused-ring (bicyclic) bond motifs is 12. The first-order valence-electron chi connectivity index (χ1n) is 12.8. The van der Waals surface area contributed by atoms with Crippen molar-refractivity contribution >= 4 is 79.5 Å². The Kier molecular flexibility index (Phi) is 4.34. The van der Waals surface area contributed by atoms with Crippen LogP contribution in [0.25, 0.3) is 60.9 Å². The molecule has 6 nitrogen and oxygen atoms in total. The zero-order valence-corrected chi connectivity index (χ0v) is 24.0. The van der Waals surface area contributed by atoms with Gasteiger partial charge in [0.1, 0.15) is 0 Å². The van der Waals surface area contributed by atoms with Crippen molar-refractivity contribution in [3.8, 4) is 22.9 Å². The van der Waals surface area contributed by atoms with Crippen LogP contribution in [0.1, 0.15) is 0 Å². The molecule has 4 aromatic carbocycles. The van der Waals surface area contributed by atoms with Gasteiger partial charge in [-0.25, -0.2) is 0 Å². The second-order valence-corrected chi connectivity index (χ2v) is 13.7. The van der Waals surface area contributed by atoms with E-state index < -0.39 is 23.6 Å². The number of hydrogen-bond donors (Lipinski definition) is 0. The van der Waals surface area contributed by atoms with Gasteiger partial charge in [0.05, 0.1) is 0 Å². The van der Waals surface area contributed by atoms with Crippen molar-refractivity contribution in [3.63, 3.8) is 0 Å². The Labute approximate surface area is 234 Å². The molecule has 1 aliphatic rings. The number of aryl methyl sites for hydroxylation is 1. The number of benzene rings is 4. The maximum absolute atomic E-state index is 6.64. The van der Waals surface area contributed by atoms with Crippen molar-refractivity contribution in [2.45, 2.75) is 0 Å². The predicted molar refractivity (Wildman–Crippen MR) is 157 cm³/mol. The number of aromatic nitrogens is 5. The van der Waals surface area contributed by atoms with Gasteiger partial charge in [-0.2, -0.15) is 0 Å². The second-order valence-electron chi connectivity index (χ2n) is 9.77. The van der Waals surface area contributed by atoms with Gasteiger partial charge in [-0.05, 0) is 0 Å². The Balaban J connectivity index is 1.37. The van der Waals surface area contributed by atoms with E-state index in [1.165, 1.54) is 6.44 Å². The van der Waals surface area contributed by atoms with Crippen molar-refractivity contribution < 1.29 is 4.74 Å². The van der Waals surface area contributed by atoms with Crippen LogP contribution >= 0.6 is 0 Å². The molecule has 0 saturated heterocycles. The molecule has 184 valence electrons. The third kappa shape index (κ3) is 2.91. The summed E-state index contributed by atoms with van der Waals surface area (Å²) in [6.45, 7) is 0. The summed E-state index contributed by atoms with van der Waals surface area (Å²) in [6.07, 6.45) is 1.88. The molecule has 0 aliphatic carbocycles. The summed E-state index contributed by atoms with van der Waals surface area (Å²) in [6, 6.07) is 31.4. The Morgan fingerprint density at radius 1 is 0.692 bits per heavy atom. The Hall–Kier alpha value is -4.33. The fourth-order valence-electron chi connectivity index (χ4n) is 5.87. The summed E-state index contributed by atoms with van der Waals surface area (Å²) in [5.74, 6) is 2.86. The standard InChI is InChI=1S/C32H19N5O.Po/c1-36-27-12-4-2-10-25(27)34-31(36)20-8-6-9-21(18-20)38-22-15-16-23-24(19-22)32-35-26-11-3-5-13-28(26)37(32)29-14-7-17-33-30(23)29;/h2-17H,1H3;. The van der Waals surface area contributed by atoms with Crippen molar-refractivity contribution in [1.29, 1.82) is 0 Å². The Morgan fingerprint density at radius 3 is 2.33 bits per heavy atom. The molecular weight excluding hydrogens is 679 g/mol. The summed E-state index contributed by atoms with van der Waals surface area (Å²) in [5.41, 5.74) is 8.38. The fraction of sp³-hybridized carbons (Fsp3) is 0.0312. The van der Waals surface area contributed by atoms with Crippen LogP contribution in [0.15, 0.2) is 97.2 Å². The van der Waals surface area contributed by atoms with E-state index in [0.717, 1.165) is 72.4 Å². The first-order valence-corrected chi connectivity index (χ1v) is 15.9. The van der Waals surface area contributed by atoms with E-state index in [0.29, 0.717) is 0 Å². The van der Waals surface area contributed by atoms with Gasteiger partial charge in [0.2, 0.25) is 0 Å². The molecule has 0 N–H and O–H groups in total. The SMILES string of the molecule is Cn1c(-c2cccc3[c]2[Po][c]2c(ccc4c5ncccc5n5c6ccccc6nc5c24)O3)nc2ccccc21. The van der Waals surface area contributed by atoms with Gasteiger partial charge >= 0.3 is 235 Å². The van der Waals surface area contributed by atoms with E-state index in [-0.39, 0.29) is 0 Å². The molecule has 9 rings (SSSR count). The molecular formula is C32H19N5OPo. The molecule has 39 heavy (non-hydrogen) atoms. The van der Waals surface area contributed by atoms with Crippen molar-refractivity contribution in [2.24, 2.45) is 7.05 Å². The minimum atomic E-state index is -1.33. The summed E-state index contributed by atoms with van der Waals surface area (Å²) in [4.78, 5) is 15.1. The maximum atomic E-state index is 6.64. The van der Waals surface area contributed by atoms with E-state index in [9.17, 15) is 0 Å². The van der Waals surface area contributed by atoms with Gasteiger partial charge in [0.15, 0.2) is 0 Å². The van der Waals surface area contributed by atoms with Crippen LogP contribution in [0.3, 0.4) is 0 Å². The van der Waals surface area contributed by atoms with Crippen LogP contribution in [0.4, 0.5) is 0 Å². The van der Waals surface area contributed by atoms with E-state index >= 15 is 0 Å².